The van der Waals surface area contributed by atoms with Gasteiger partial charge in [0.15, 0.2) is 0 Å². The molecule has 1 amide bonds. The van der Waals surface area contributed by atoms with Crippen LogP contribution in [0.1, 0.15) is 50.9 Å². The van der Waals surface area contributed by atoms with Crippen LogP contribution in [0.15, 0.2) is 29.2 Å². The normalized spacial score (nSPS) is 24.7. The number of amides is 1. The van der Waals surface area contributed by atoms with Gasteiger partial charge in [0.05, 0.1) is 17.1 Å². The van der Waals surface area contributed by atoms with E-state index in [-0.39, 0.29) is 29.1 Å². The Hall–Kier alpha value is -1.44. The minimum absolute atomic E-state index is 0.0277. The molecule has 7 heteroatoms. The fraction of sp³-hybridized carbons (Fsp3) is 0.632. The third-order valence-electron chi connectivity index (χ3n) is 4.86. The molecule has 0 N–H and O–H groups in total. The summed E-state index contributed by atoms with van der Waals surface area (Å²) in [4.78, 5) is 14.9. The predicted octanol–water partition coefficient (Wildman–Crippen LogP) is 2.50. The molecule has 2 aliphatic rings. The lowest BCUT2D eigenvalue weighted by Gasteiger charge is -2.34. The molecule has 1 aromatic carbocycles. The van der Waals surface area contributed by atoms with Crippen molar-refractivity contribution in [2.24, 2.45) is 0 Å². The highest BCUT2D eigenvalue weighted by Gasteiger charge is 2.35. The number of hydrogen-bond donors (Lipinski definition) is 0. The lowest BCUT2D eigenvalue weighted by molar-refractivity contribution is -0.0440. The van der Waals surface area contributed by atoms with E-state index >= 15 is 0 Å². The molecule has 1 saturated carbocycles. The number of rotatable bonds is 5. The fourth-order valence-corrected chi connectivity index (χ4v) is 5.16. The van der Waals surface area contributed by atoms with Crippen LogP contribution in [0.2, 0.25) is 0 Å². The van der Waals surface area contributed by atoms with Crippen molar-refractivity contribution < 1.29 is 17.9 Å². The Morgan fingerprint density at radius 1 is 1.12 bits per heavy atom. The fourth-order valence-electron chi connectivity index (χ4n) is 3.57. The highest BCUT2D eigenvalue weighted by molar-refractivity contribution is 7.89. The van der Waals surface area contributed by atoms with Crippen LogP contribution in [0.5, 0.6) is 0 Å². The molecule has 0 aromatic heterocycles. The number of nitrogens with zero attached hydrogens (tertiary/aromatic N) is 2. The molecule has 26 heavy (non-hydrogen) atoms. The molecule has 144 valence electrons. The third kappa shape index (κ3) is 3.94. The summed E-state index contributed by atoms with van der Waals surface area (Å²) in [5.74, 6) is -0.0277. The zero-order valence-electron chi connectivity index (χ0n) is 15.9. The molecule has 2 atom stereocenters. The Kier molecular flexibility index (Phi) is 5.42. The Morgan fingerprint density at radius 2 is 1.65 bits per heavy atom. The summed E-state index contributed by atoms with van der Waals surface area (Å²) in [5, 5.41) is 0. The summed E-state index contributed by atoms with van der Waals surface area (Å²) in [5.41, 5.74) is 0.535. The second kappa shape index (κ2) is 7.29. The Bertz CT molecular complexity index is 744. The quantitative estimate of drug-likeness (QED) is 0.787. The third-order valence-corrected chi connectivity index (χ3v) is 6.70. The first-order valence-electron chi connectivity index (χ1n) is 9.28. The zero-order valence-corrected chi connectivity index (χ0v) is 16.7. The van der Waals surface area contributed by atoms with Crippen LogP contribution in [0.25, 0.3) is 0 Å². The van der Waals surface area contributed by atoms with Gasteiger partial charge in [0, 0.05) is 30.7 Å². The minimum Gasteiger partial charge on any atom is -0.373 e. The van der Waals surface area contributed by atoms with Crippen LogP contribution in [0.4, 0.5) is 0 Å². The molecule has 0 bridgehead atoms. The molecule has 0 spiro atoms. The number of carbonyl (C=O) groups is 1. The van der Waals surface area contributed by atoms with E-state index in [0.29, 0.717) is 24.7 Å². The van der Waals surface area contributed by atoms with Gasteiger partial charge in [-0.15, -0.1) is 0 Å². The summed E-state index contributed by atoms with van der Waals surface area (Å²) in [7, 11) is -3.58. The lowest BCUT2D eigenvalue weighted by atomic mass is 10.1. The average molecular weight is 381 g/mol. The van der Waals surface area contributed by atoms with Crippen molar-refractivity contribution >= 4 is 15.9 Å². The molecule has 3 rings (SSSR count). The lowest BCUT2D eigenvalue weighted by Crippen LogP contribution is -2.48. The van der Waals surface area contributed by atoms with Crippen molar-refractivity contribution in [3.05, 3.63) is 29.8 Å². The highest BCUT2D eigenvalue weighted by atomic mass is 32.2. The molecule has 1 saturated heterocycles. The van der Waals surface area contributed by atoms with Crippen LogP contribution in [-0.2, 0) is 14.8 Å². The maximum absolute atomic E-state index is 12.9. The molecule has 2 unspecified atom stereocenters. The topological polar surface area (TPSA) is 66.9 Å². The highest BCUT2D eigenvalue weighted by Crippen LogP contribution is 2.30. The van der Waals surface area contributed by atoms with Gasteiger partial charge in [-0.05, 0) is 64.8 Å². The number of carbonyl (C=O) groups excluding carboxylic acids is 1. The molecule has 1 aromatic rings. The number of sulfonamides is 1. The van der Waals surface area contributed by atoms with Crippen molar-refractivity contribution in [1.29, 1.82) is 0 Å². The smallest absolute Gasteiger partial charge is 0.254 e. The van der Waals surface area contributed by atoms with E-state index in [1.165, 1.54) is 4.31 Å². The van der Waals surface area contributed by atoms with Gasteiger partial charge in [0.25, 0.3) is 5.91 Å². The first-order chi connectivity index (χ1) is 12.2. The minimum atomic E-state index is -3.58. The molecule has 1 aliphatic carbocycles. The summed E-state index contributed by atoms with van der Waals surface area (Å²) < 4.78 is 32.9. The second-order valence-corrected chi connectivity index (χ2v) is 9.58. The van der Waals surface area contributed by atoms with E-state index in [0.717, 1.165) is 12.8 Å². The first-order valence-corrected chi connectivity index (χ1v) is 10.7. The van der Waals surface area contributed by atoms with Crippen molar-refractivity contribution in [1.82, 2.24) is 9.21 Å². The van der Waals surface area contributed by atoms with Gasteiger partial charge in [-0.3, -0.25) is 4.79 Å². The molecule has 1 aliphatic heterocycles. The summed E-state index contributed by atoms with van der Waals surface area (Å²) in [6, 6.07) is 6.79. The monoisotopic (exact) mass is 380 g/mol. The van der Waals surface area contributed by atoms with E-state index in [9.17, 15) is 13.2 Å². The number of benzene rings is 1. The SMILES string of the molecule is CC1CN(S(=O)(=O)c2ccc(C(=O)N(C(C)C)C3CC3)cc2)CC(C)O1. The van der Waals surface area contributed by atoms with Gasteiger partial charge in [-0.25, -0.2) is 8.42 Å². The Balaban J connectivity index is 1.79. The van der Waals surface area contributed by atoms with Crippen molar-refractivity contribution in [3.8, 4) is 0 Å². The van der Waals surface area contributed by atoms with Gasteiger partial charge in [0.2, 0.25) is 10.0 Å². The van der Waals surface area contributed by atoms with Crippen LogP contribution in [-0.4, -0.2) is 60.9 Å². The van der Waals surface area contributed by atoms with E-state index < -0.39 is 10.0 Å². The molecule has 6 nitrogen and oxygen atoms in total. The largest absolute Gasteiger partial charge is 0.373 e. The number of ether oxygens (including phenoxy) is 1. The molecule has 0 radical (unpaired) electrons. The molecule has 1 heterocycles. The first kappa shape index (κ1) is 19.3. The molecular formula is C19H28N2O4S. The van der Waals surface area contributed by atoms with Crippen molar-refractivity contribution in [3.63, 3.8) is 0 Å². The number of hydrogen-bond acceptors (Lipinski definition) is 4. The average Bonchev–Trinajstić information content (AvgIpc) is 3.38. The van der Waals surface area contributed by atoms with E-state index in [1.807, 2.05) is 32.6 Å². The predicted molar refractivity (Wildman–Crippen MR) is 99.5 cm³/mol. The van der Waals surface area contributed by atoms with Crippen LogP contribution in [0, 0.1) is 0 Å². The summed E-state index contributed by atoms with van der Waals surface area (Å²) >= 11 is 0. The van der Waals surface area contributed by atoms with Gasteiger partial charge in [0.1, 0.15) is 0 Å². The van der Waals surface area contributed by atoms with Crippen molar-refractivity contribution in [2.45, 2.75) is 69.7 Å². The second-order valence-electron chi connectivity index (χ2n) is 7.64. The maximum Gasteiger partial charge on any atom is 0.254 e. The molecular weight excluding hydrogens is 352 g/mol. The summed E-state index contributed by atoms with van der Waals surface area (Å²) in [6.07, 6.45) is 1.83. The van der Waals surface area contributed by atoms with Crippen LogP contribution < -0.4 is 0 Å². The van der Waals surface area contributed by atoms with Gasteiger partial charge in [-0.2, -0.15) is 4.31 Å². The van der Waals surface area contributed by atoms with Crippen LogP contribution in [0.3, 0.4) is 0 Å². The van der Waals surface area contributed by atoms with Crippen LogP contribution >= 0.6 is 0 Å². The zero-order chi connectivity index (χ0) is 19.1. The molecule has 2 fully saturated rings. The maximum atomic E-state index is 12.9. The van der Waals surface area contributed by atoms with Gasteiger partial charge < -0.3 is 9.64 Å². The van der Waals surface area contributed by atoms with Gasteiger partial charge >= 0.3 is 0 Å². The van der Waals surface area contributed by atoms with Gasteiger partial charge in [-0.1, -0.05) is 0 Å². The Labute approximate surface area is 156 Å². The van der Waals surface area contributed by atoms with E-state index in [1.54, 1.807) is 24.3 Å². The summed E-state index contributed by atoms with van der Waals surface area (Å²) in [6.45, 7) is 8.45. The van der Waals surface area contributed by atoms with Crippen molar-refractivity contribution in [2.75, 3.05) is 13.1 Å². The number of morpholine rings is 1. The van der Waals surface area contributed by atoms with E-state index in [2.05, 4.69) is 0 Å². The standard InChI is InChI=1S/C19H28N2O4S/c1-13(2)21(17-7-8-17)19(22)16-5-9-18(10-6-16)26(23,24)20-11-14(3)25-15(4)12-20/h5-6,9-10,13-15,17H,7-8,11-12H2,1-4H3. The Morgan fingerprint density at radius 3 is 2.12 bits per heavy atom. The van der Waals surface area contributed by atoms with E-state index in [4.69, 9.17) is 4.74 Å².